The lowest BCUT2D eigenvalue weighted by atomic mass is 10.1. The van der Waals surface area contributed by atoms with Gasteiger partial charge in [-0.1, -0.05) is 0 Å². The highest BCUT2D eigenvalue weighted by Crippen LogP contribution is 2.02. The first-order chi connectivity index (χ1) is 4.87. The molecular formula is C6H15N3O2. The van der Waals surface area contributed by atoms with Crippen molar-refractivity contribution < 1.29 is 9.90 Å². The third-order valence-corrected chi connectivity index (χ3v) is 1.09. The summed E-state index contributed by atoms with van der Waals surface area (Å²) in [4.78, 5) is 12.1. The summed E-state index contributed by atoms with van der Waals surface area (Å²) in [6, 6.07) is -0.410. The van der Waals surface area contributed by atoms with E-state index in [1.54, 1.807) is 20.9 Å². The van der Waals surface area contributed by atoms with Gasteiger partial charge in [-0.05, 0) is 13.8 Å². The molecule has 11 heavy (non-hydrogen) atoms. The average molecular weight is 161 g/mol. The van der Waals surface area contributed by atoms with E-state index in [9.17, 15) is 9.90 Å². The summed E-state index contributed by atoms with van der Waals surface area (Å²) in [5.41, 5.74) is 1.08. The van der Waals surface area contributed by atoms with Gasteiger partial charge in [0.05, 0.1) is 12.1 Å². The largest absolute Gasteiger partial charge is 0.389 e. The van der Waals surface area contributed by atoms with E-state index >= 15 is 0 Å². The van der Waals surface area contributed by atoms with Gasteiger partial charge in [-0.15, -0.1) is 0 Å². The lowest BCUT2D eigenvalue weighted by Gasteiger charge is -2.24. The van der Waals surface area contributed by atoms with Crippen LogP contribution in [0.15, 0.2) is 0 Å². The zero-order chi connectivity index (χ0) is 9.07. The van der Waals surface area contributed by atoms with E-state index < -0.39 is 11.6 Å². The van der Waals surface area contributed by atoms with Crippen LogP contribution in [0.2, 0.25) is 0 Å². The minimum atomic E-state index is -0.888. The van der Waals surface area contributed by atoms with Gasteiger partial charge in [0.25, 0.3) is 0 Å². The Hall–Kier alpha value is -0.810. The van der Waals surface area contributed by atoms with Crippen LogP contribution < -0.4 is 11.3 Å². The third kappa shape index (κ3) is 4.58. The second-order valence-electron chi connectivity index (χ2n) is 3.12. The van der Waals surface area contributed by atoms with Crippen molar-refractivity contribution in [2.24, 2.45) is 5.84 Å². The topological polar surface area (TPSA) is 78.6 Å². The molecule has 5 heteroatoms. The summed E-state index contributed by atoms with van der Waals surface area (Å²) in [5, 5.41) is 9.27. The van der Waals surface area contributed by atoms with E-state index in [2.05, 4.69) is 0 Å². The molecule has 4 N–H and O–H groups in total. The zero-order valence-electron chi connectivity index (χ0n) is 7.09. The maximum atomic E-state index is 10.8. The molecule has 0 heterocycles. The molecule has 2 amide bonds. The predicted molar refractivity (Wildman–Crippen MR) is 41.6 cm³/mol. The van der Waals surface area contributed by atoms with Crippen molar-refractivity contribution in [1.82, 2.24) is 10.3 Å². The fraction of sp³-hybridized carbons (Fsp3) is 0.833. The fourth-order valence-electron chi connectivity index (χ4n) is 0.762. The molecule has 0 aliphatic heterocycles. The number of amides is 2. The molecular weight excluding hydrogens is 146 g/mol. The van der Waals surface area contributed by atoms with E-state index in [0.717, 1.165) is 0 Å². The van der Waals surface area contributed by atoms with Crippen LogP contribution in [-0.2, 0) is 0 Å². The summed E-state index contributed by atoms with van der Waals surface area (Å²) in [7, 11) is 1.56. The minimum absolute atomic E-state index is 0.246. The molecule has 0 aromatic carbocycles. The van der Waals surface area contributed by atoms with E-state index in [0.29, 0.717) is 0 Å². The zero-order valence-corrected chi connectivity index (χ0v) is 7.09. The summed E-state index contributed by atoms with van der Waals surface area (Å²) in [6.07, 6.45) is 0. The molecule has 0 radical (unpaired) electrons. The number of rotatable bonds is 2. The molecule has 0 aromatic heterocycles. The van der Waals surface area contributed by atoms with Crippen molar-refractivity contribution in [3.63, 3.8) is 0 Å². The van der Waals surface area contributed by atoms with Gasteiger partial charge in [0.2, 0.25) is 0 Å². The van der Waals surface area contributed by atoms with E-state index in [1.165, 1.54) is 4.90 Å². The molecule has 0 unspecified atom stereocenters. The lowest BCUT2D eigenvalue weighted by molar-refractivity contribution is 0.0532. The Labute approximate surface area is 66.1 Å². The average Bonchev–Trinajstić information content (AvgIpc) is 1.82. The molecule has 0 saturated carbocycles. The number of nitrogens with zero attached hydrogens (tertiary/aromatic N) is 1. The van der Waals surface area contributed by atoms with Crippen LogP contribution in [0.3, 0.4) is 0 Å². The number of hydrazine groups is 1. The Kier molecular flexibility index (Phi) is 3.28. The standard InChI is InChI=1S/C6H15N3O2/c1-6(2,11)4-9(3)5(10)8-7/h11H,4,7H2,1-3H3,(H,8,10). The normalized spacial score (nSPS) is 11.0. The van der Waals surface area contributed by atoms with Crippen molar-refractivity contribution in [3.05, 3.63) is 0 Å². The molecule has 0 rings (SSSR count). The van der Waals surface area contributed by atoms with Crippen molar-refractivity contribution in [2.45, 2.75) is 19.4 Å². The Morgan fingerprint density at radius 1 is 1.73 bits per heavy atom. The number of aliphatic hydroxyl groups is 1. The molecule has 0 fully saturated rings. The van der Waals surface area contributed by atoms with Gasteiger partial charge in [-0.2, -0.15) is 0 Å². The maximum absolute atomic E-state index is 10.8. The number of likely N-dealkylation sites (N-methyl/N-ethyl adjacent to an activating group) is 1. The van der Waals surface area contributed by atoms with Gasteiger partial charge < -0.3 is 10.0 Å². The Balaban J connectivity index is 3.87. The molecule has 0 aliphatic rings. The summed E-state index contributed by atoms with van der Waals surface area (Å²) >= 11 is 0. The molecule has 0 aromatic rings. The number of hydrogen-bond donors (Lipinski definition) is 3. The molecule has 5 nitrogen and oxygen atoms in total. The predicted octanol–water partition coefficient (Wildman–Crippen LogP) is -0.728. The SMILES string of the molecule is CN(CC(C)(C)O)C(=O)NN. The number of nitrogens with two attached hydrogens (primary N) is 1. The van der Waals surface area contributed by atoms with E-state index in [1.807, 2.05) is 5.43 Å². The second kappa shape index (κ2) is 3.54. The van der Waals surface area contributed by atoms with Gasteiger partial charge in [-0.3, -0.25) is 5.43 Å². The first-order valence-electron chi connectivity index (χ1n) is 3.31. The smallest absolute Gasteiger partial charge is 0.331 e. The molecule has 0 saturated heterocycles. The van der Waals surface area contributed by atoms with E-state index in [-0.39, 0.29) is 6.54 Å². The molecule has 0 aliphatic carbocycles. The highest BCUT2D eigenvalue weighted by molar-refractivity contribution is 5.73. The van der Waals surface area contributed by atoms with Crippen molar-refractivity contribution >= 4 is 6.03 Å². The quantitative estimate of drug-likeness (QED) is 0.284. The van der Waals surface area contributed by atoms with E-state index in [4.69, 9.17) is 5.84 Å². The van der Waals surface area contributed by atoms with Crippen LogP contribution in [0.1, 0.15) is 13.8 Å². The molecule has 0 spiro atoms. The van der Waals surface area contributed by atoms with Gasteiger partial charge >= 0.3 is 6.03 Å². The van der Waals surface area contributed by atoms with Crippen molar-refractivity contribution in [2.75, 3.05) is 13.6 Å². The Bertz CT molecular complexity index is 141. The minimum Gasteiger partial charge on any atom is -0.389 e. The number of carbonyl (C=O) groups is 1. The highest BCUT2D eigenvalue weighted by atomic mass is 16.3. The Morgan fingerprint density at radius 2 is 2.18 bits per heavy atom. The first-order valence-corrected chi connectivity index (χ1v) is 3.31. The number of hydrogen-bond acceptors (Lipinski definition) is 3. The summed E-state index contributed by atoms with van der Waals surface area (Å²) in [5.74, 6) is 4.87. The monoisotopic (exact) mass is 161 g/mol. The maximum Gasteiger partial charge on any atom is 0.331 e. The summed E-state index contributed by atoms with van der Waals surface area (Å²) in [6.45, 7) is 3.48. The molecule has 0 bridgehead atoms. The summed E-state index contributed by atoms with van der Waals surface area (Å²) < 4.78 is 0. The lowest BCUT2D eigenvalue weighted by Crippen LogP contribution is -2.46. The number of urea groups is 1. The van der Waals surface area contributed by atoms with Crippen LogP contribution >= 0.6 is 0 Å². The highest BCUT2D eigenvalue weighted by Gasteiger charge is 2.18. The van der Waals surface area contributed by atoms with Crippen LogP contribution in [-0.4, -0.2) is 35.2 Å². The van der Waals surface area contributed by atoms with Crippen LogP contribution in [0.5, 0.6) is 0 Å². The van der Waals surface area contributed by atoms with Gasteiger partial charge in [-0.25, -0.2) is 10.6 Å². The van der Waals surface area contributed by atoms with Gasteiger partial charge in [0, 0.05) is 7.05 Å². The molecule has 0 atom stereocenters. The van der Waals surface area contributed by atoms with Gasteiger partial charge in [0.15, 0.2) is 0 Å². The van der Waals surface area contributed by atoms with Crippen LogP contribution in [0.25, 0.3) is 0 Å². The number of carbonyl (C=O) groups excluding carboxylic acids is 1. The fourth-order valence-corrected chi connectivity index (χ4v) is 0.762. The second-order valence-corrected chi connectivity index (χ2v) is 3.12. The van der Waals surface area contributed by atoms with Crippen molar-refractivity contribution in [1.29, 1.82) is 0 Å². The van der Waals surface area contributed by atoms with Crippen LogP contribution in [0.4, 0.5) is 4.79 Å². The Morgan fingerprint density at radius 3 is 2.45 bits per heavy atom. The molecule has 66 valence electrons. The van der Waals surface area contributed by atoms with Crippen molar-refractivity contribution in [3.8, 4) is 0 Å². The first kappa shape index (κ1) is 10.2. The van der Waals surface area contributed by atoms with Gasteiger partial charge in [0.1, 0.15) is 0 Å². The third-order valence-electron chi connectivity index (χ3n) is 1.09. The van der Waals surface area contributed by atoms with Crippen LogP contribution in [0, 0.1) is 0 Å². The number of nitrogens with one attached hydrogen (secondary N) is 1.